The Bertz CT molecular complexity index is 62.9. The van der Waals surface area contributed by atoms with Crippen LogP contribution in [0.25, 0.3) is 0 Å². The van der Waals surface area contributed by atoms with Gasteiger partial charge in [-0.2, -0.15) is 0 Å². The molecule has 8 heavy (non-hydrogen) atoms. The van der Waals surface area contributed by atoms with Gasteiger partial charge in [0.2, 0.25) is 0 Å². The van der Waals surface area contributed by atoms with E-state index < -0.39 is 8.07 Å². The Labute approximate surface area is 61.1 Å². The van der Waals surface area contributed by atoms with Gasteiger partial charge in [0.05, 0.1) is 0 Å². The lowest BCUT2D eigenvalue weighted by Gasteiger charge is -2.16. The molecule has 0 nitrogen and oxygen atoms in total. The van der Waals surface area contributed by atoms with Gasteiger partial charge in [-0.25, -0.2) is 0 Å². The van der Waals surface area contributed by atoms with Crippen LogP contribution >= 0.6 is 0 Å². The highest BCUT2D eigenvalue weighted by Crippen LogP contribution is 2.06. The summed E-state index contributed by atoms with van der Waals surface area (Å²) in [4.78, 5) is 0. The van der Waals surface area contributed by atoms with Gasteiger partial charge in [0.25, 0.3) is 0 Å². The van der Waals surface area contributed by atoms with Gasteiger partial charge in [-0.3, -0.25) is 0 Å². The predicted octanol–water partition coefficient (Wildman–Crippen LogP) is -1.18. The standard InChI is InChI=1S/C4H18Si4/c1-8(2,3)4-7(5)6/h7H,4H2,1-3,5-6H3. The number of hydrogen-bond donors (Lipinski definition) is 0. The molecule has 0 rings (SSSR count). The van der Waals surface area contributed by atoms with Crippen LogP contribution in [0.15, 0.2) is 0 Å². The molecule has 0 radical (unpaired) electrons. The molecule has 0 spiro atoms. The summed E-state index contributed by atoms with van der Waals surface area (Å²) >= 11 is 0. The van der Waals surface area contributed by atoms with Crippen LogP contribution in [-0.4, -0.2) is 35.4 Å². The van der Waals surface area contributed by atoms with E-state index in [2.05, 4.69) is 19.6 Å². The first-order chi connectivity index (χ1) is 3.42. The van der Waals surface area contributed by atoms with E-state index in [1.165, 1.54) is 0 Å². The van der Waals surface area contributed by atoms with Crippen LogP contribution in [0, 0.1) is 0 Å². The Kier molecular flexibility index (Phi) is 3.48. The third-order valence-corrected chi connectivity index (χ3v) is 16.5. The Morgan fingerprint density at radius 1 is 1.25 bits per heavy atom. The molecule has 0 aromatic rings. The van der Waals surface area contributed by atoms with Crippen molar-refractivity contribution in [2.45, 2.75) is 25.3 Å². The maximum Gasteiger partial charge on any atom is 0.0409 e. The van der Waals surface area contributed by atoms with Gasteiger partial charge in [-0.15, -0.1) is 0 Å². The fraction of sp³-hybridized carbons (Fsp3) is 1.00. The van der Waals surface area contributed by atoms with Gasteiger partial charge in [0.1, 0.15) is 0 Å². The minimum atomic E-state index is -0.589. The van der Waals surface area contributed by atoms with Crippen molar-refractivity contribution >= 4 is 35.4 Å². The lowest BCUT2D eigenvalue weighted by Crippen LogP contribution is -2.30. The van der Waals surface area contributed by atoms with Crippen LogP contribution < -0.4 is 0 Å². The lowest BCUT2D eigenvalue weighted by molar-refractivity contribution is 1.64. The van der Waals surface area contributed by atoms with Crippen LogP contribution in [0.2, 0.25) is 25.3 Å². The van der Waals surface area contributed by atoms with E-state index in [-0.39, 0.29) is 7.83 Å². The second-order valence-electron chi connectivity index (χ2n) is 4.16. The van der Waals surface area contributed by atoms with Gasteiger partial charge < -0.3 is 0 Å². The highest BCUT2D eigenvalue weighted by atomic mass is 29.5. The molecular weight excluding hydrogens is 160 g/mol. The molecule has 0 atom stereocenters. The summed E-state index contributed by atoms with van der Waals surface area (Å²) in [6.45, 7) is 7.51. The van der Waals surface area contributed by atoms with Crippen LogP contribution in [0.1, 0.15) is 0 Å². The second-order valence-corrected chi connectivity index (χ2v) is 32.5. The molecular formula is C4H18Si4. The normalized spacial score (nSPS) is 16.9. The summed E-state index contributed by atoms with van der Waals surface area (Å²) in [7, 11) is 2.63. The maximum absolute atomic E-state index is 2.50. The van der Waals surface area contributed by atoms with Gasteiger partial charge >= 0.3 is 0 Å². The average molecular weight is 179 g/mol. The van der Waals surface area contributed by atoms with E-state index in [1.54, 1.807) is 25.2 Å². The van der Waals surface area contributed by atoms with Crippen molar-refractivity contribution in [3.63, 3.8) is 0 Å². The van der Waals surface area contributed by atoms with Crippen molar-refractivity contribution < 1.29 is 0 Å². The Balaban J connectivity index is 3.39. The molecule has 0 N–H and O–H groups in total. The monoisotopic (exact) mass is 178 g/mol. The summed E-state index contributed by atoms with van der Waals surface area (Å²) in [6.07, 6.45) is 0. The highest BCUT2D eigenvalue weighted by molar-refractivity contribution is 7.32. The van der Waals surface area contributed by atoms with E-state index in [1.807, 2.05) is 0 Å². The zero-order valence-corrected chi connectivity index (χ0v) is 12.9. The van der Waals surface area contributed by atoms with Crippen molar-refractivity contribution in [2.24, 2.45) is 0 Å². The first-order valence-corrected chi connectivity index (χ1v) is 17.2. The molecule has 0 amide bonds. The van der Waals surface area contributed by atoms with E-state index in [9.17, 15) is 0 Å². The largest absolute Gasteiger partial charge is 0.0698 e. The molecule has 0 aromatic carbocycles. The van der Waals surface area contributed by atoms with Crippen molar-refractivity contribution in [3.05, 3.63) is 0 Å². The zero-order chi connectivity index (χ0) is 6.78. The highest BCUT2D eigenvalue weighted by Gasteiger charge is 2.14. The molecule has 0 aromatic heterocycles. The Morgan fingerprint density at radius 2 is 1.62 bits per heavy atom. The lowest BCUT2D eigenvalue weighted by atomic mass is 11.8. The predicted molar refractivity (Wildman–Crippen MR) is 55.2 cm³/mol. The maximum atomic E-state index is 2.50. The van der Waals surface area contributed by atoms with Crippen LogP contribution in [-0.2, 0) is 0 Å². The molecule has 0 saturated heterocycles. The first-order valence-electron chi connectivity index (χ1n) is 3.42. The SMILES string of the molecule is C[Si](C)(C)C[SiH]([SiH3])[SiH3]. The minimum Gasteiger partial charge on any atom is -0.0698 e. The minimum absolute atomic E-state index is 0.0440. The molecule has 4 heteroatoms. The number of hydrogen-bond acceptors (Lipinski definition) is 0. The summed E-state index contributed by atoms with van der Waals surface area (Å²) in [6, 6.07) is 0. The second kappa shape index (κ2) is 3.14. The fourth-order valence-corrected chi connectivity index (χ4v) is 33.1. The van der Waals surface area contributed by atoms with E-state index >= 15 is 0 Å². The van der Waals surface area contributed by atoms with Crippen LogP contribution in [0.4, 0.5) is 0 Å². The number of rotatable bonds is 2. The van der Waals surface area contributed by atoms with Crippen LogP contribution in [0.5, 0.6) is 0 Å². The van der Waals surface area contributed by atoms with Crippen molar-refractivity contribution in [1.82, 2.24) is 0 Å². The molecule has 0 bridgehead atoms. The van der Waals surface area contributed by atoms with Crippen molar-refractivity contribution in [3.8, 4) is 0 Å². The quantitative estimate of drug-likeness (QED) is 0.467. The summed E-state index contributed by atoms with van der Waals surface area (Å²) in [5, 5.41) is 0. The third kappa shape index (κ3) is 6.87. The van der Waals surface area contributed by atoms with Gasteiger partial charge in [-0.1, -0.05) is 25.3 Å². The van der Waals surface area contributed by atoms with Crippen molar-refractivity contribution in [1.29, 1.82) is 0 Å². The molecule has 0 saturated carbocycles. The third-order valence-electron chi connectivity index (χ3n) is 1.02. The van der Waals surface area contributed by atoms with Gasteiger partial charge in [-0.05, 0) is 19.5 Å². The Morgan fingerprint density at radius 3 is 1.62 bits per heavy atom. The molecule has 0 aliphatic rings. The summed E-state index contributed by atoms with van der Waals surface area (Å²) in [5.41, 5.74) is 1.73. The molecule has 0 aliphatic carbocycles. The fourth-order valence-electron chi connectivity index (χ4n) is 1.22. The van der Waals surface area contributed by atoms with Crippen LogP contribution in [0.3, 0.4) is 0 Å². The zero-order valence-electron chi connectivity index (χ0n) is 6.78. The van der Waals surface area contributed by atoms with Gasteiger partial charge in [0.15, 0.2) is 0 Å². The topological polar surface area (TPSA) is 0 Å². The smallest absolute Gasteiger partial charge is 0.0409 e. The molecule has 50 valence electrons. The molecule has 0 heterocycles. The van der Waals surface area contributed by atoms with E-state index in [0.717, 1.165) is 0 Å². The average Bonchev–Trinajstić information content (AvgIpc) is 1.21. The van der Waals surface area contributed by atoms with E-state index in [0.29, 0.717) is 0 Å². The summed E-state index contributed by atoms with van der Waals surface area (Å²) in [5.74, 6) is 0. The summed E-state index contributed by atoms with van der Waals surface area (Å²) < 4.78 is 0. The Hall–Kier alpha value is 0.868. The van der Waals surface area contributed by atoms with Crippen molar-refractivity contribution in [2.75, 3.05) is 0 Å². The first kappa shape index (κ1) is 8.87. The van der Waals surface area contributed by atoms with Gasteiger partial charge in [0, 0.05) is 15.9 Å². The molecule has 0 fully saturated rings. The van der Waals surface area contributed by atoms with E-state index in [4.69, 9.17) is 0 Å². The molecule has 0 aliphatic heterocycles. The molecule has 0 unspecified atom stereocenters.